The maximum Gasteiger partial charge on any atom is 0.241 e. The van der Waals surface area contributed by atoms with Crippen molar-refractivity contribution in [2.75, 3.05) is 49.1 Å². The van der Waals surface area contributed by atoms with Gasteiger partial charge in [0.05, 0.1) is 12.1 Å². The standard InChI is InChI=1S/C21H23N5O/c22-14-17-7-8-20(23-15-17)25-12-10-24(11-13-25)16-21(27)26-9-3-5-18-4-1-2-6-19(18)26/h1-2,4,6-8,15H,3,5,9-13,16H2. The maximum absolute atomic E-state index is 12.9. The molecule has 0 spiro atoms. The summed E-state index contributed by atoms with van der Waals surface area (Å²) in [5.41, 5.74) is 2.92. The maximum atomic E-state index is 12.9. The number of carbonyl (C=O) groups excluding carboxylic acids is 1. The third-order valence-corrected chi connectivity index (χ3v) is 5.34. The highest BCUT2D eigenvalue weighted by atomic mass is 16.2. The molecule has 6 nitrogen and oxygen atoms in total. The Hall–Kier alpha value is -2.91. The van der Waals surface area contributed by atoms with Crippen LogP contribution < -0.4 is 9.80 Å². The number of hydrogen-bond donors (Lipinski definition) is 0. The molecule has 2 aliphatic heterocycles. The van der Waals surface area contributed by atoms with Crippen molar-refractivity contribution in [3.63, 3.8) is 0 Å². The minimum Gasteiger partial charge on any atom is -0.354 e. The van der Waals surface area contributed by atoms with Crippen LogP contribution in [0.5, 0.6) is 0 Å². The molecule has 27 heavy (non-hydrogen) atoms. The smallest absolute Gasteiger partial charge is 0.241 e. The number of nitrogens with zero attached hydrogens (tertiary/aromatic N) is 5. The molecule has 4 rings (SSSR count). The Kier molecular flexibility index (Phi) is 5.03. The van der Waals surface area contributed by atoms with Crippen molar-refractivity contribution in [2.45, 2.75) is 12.8 Å². The SMILES string of the molecule is N#Cc1ccc(N2CCN(CC(=O)N3CCCc4ccccc43)CC2)nc1. The number of para-hydroxylation sites is 1. The number of amides is 1. The quantitative estimate of drug-likeness (QED) is 0.837. The van der Waals surface area contributed by atoms with Gasteiger partial charge in [-0.15, -0.1) is 0 Å². The van der Waals surface area contributed by atoms with Crippen LogP contribution in [-0.2, 0) is 11.2 Å². The van der Waals surface area contributed by atoms with Crippen LogP contribution in [0, 0.1) is 11.3 Å². The monoisotopic (exact) mass is 361 g/mol. The Bertz CT molecular complexity index is 850. The van der Waals surface area contributed by atoms with Crippen LogP contribution in [-0.4, -0.2) is 55.1 Å². The molecule has 1 saturated heterocycles. The molecule has 2 aromatic rings. The Balaban J connectivity index is 1.34. The molecule has 6 heteroatoms. The fourth-order valence-corrected chi connectivity index (χ4v) is 3.84. The molecular formula is C21H23N5O. The van der Waals surface area contributed by atoms with E-state index in [1.165, 1.54) is 5.56 Å². The molecule has 1 amide bonds. The Labute approximate surface area is 159 Å². The van der Waals surface area contributed by atoms with Crippen molar-refractivity contribution >= 4 is 17.4 Å². The van der Waals surface area contributed by atoms with E-state index in [9.17, 15) is 4.79 Å². The Morgan fingerprint density at radius 2 is 1.89 bits per heavy atom. The van der Waals surface area contributed by atoms with E-state index >= 15 is 0 Å². The number of fused-ring (bicyclic) bond motifs is 1. The minimum atomic E-state index is 0.187. The Morgan fingerprint density at radius 1 is 1.07 bits per heavy atom. The summed E-state index contributed by atoms with van der Waals surface area (Å²) in [5, 5.41) is 8.88. The molecule has 0 N–H and O–H groups in total. The zero-order chi connectivity index (χ0) is 18.6. The van der Waals surface area contributed by atoms with E-state index in [0.717, 1.165) is 57.1 Å². The number of pyridine rings is 1. The van der Waals surface area contributed by atoms with Crippen molar-refractivity contribution in [3.8, 4) is 6.07 Å². The van der Waals surface area contributed by atoms with Gasteiger partial charge >= 0.3 is 0 Å². The number of aromatic nitrogens is 1. The molecule has 0 atom stereocenters. The van der Waals surface area contributed by atoms with Crippen molar-refractivity contribution in [1.82, 2.24) is 9.88 Å². The number of rotatable bonds is 3. The van der Waals surface area contributed by atoms with E-state index in [4.69, 9.17) is 5.26 Å². The molecular weight excluding hydrogens is 338 g/mol. The first-order valence-electron chi connectivity index (χ1n) is 9.46. The average molecular weight is 361 g/mol. The zero-order valence-corrected chi connectivity index (χ0v) is 15.3. The van der Waals surface area contributed by atoms with Gasteiger partial charge in [0.15, 0.2) is 0 Å². The van der Waals surface area contributed by atoms with Crippen molar-refractivity contribution in [2.24, 2.45) is 0 Å². The molecule has 138 valence electrons. The summed E-state index contributed by atoms with van der Waals surface area (Å²) in [5.74, 6) is 1.08. The predicted octanol–water partition coefficient (Wildman–Crippen LogP) is 2.05. The number of nitriles is 1. The molecule has 0 saturated carbocycles. The number of piperazine rings is 1. The van der Waals surface area contributed by atoms with Gasteiger partial charge in [0.2, 0.25) is 5.91 Å². The lowest BCUT2D eigenvalue weighted by molar-refractivity contribution is -0.119. The summed E-state index contributed by atoms with van der Waals surface area (Å²) >= 11 is 0. The number of anilines is 2. The normalized spacial score (nSPS) is 17.3. The van der Waals surface area contributed by atoms with Crippen LogP contribution in [0.4, 0.5) is 11.5 Å². The second-order valence-electron chi connectivity index (χ2n) is 7.06. The number of aryl methyl sites for hydroxylation is 1. The van der Waals surface area contributed by atoms with Crippen molar-refractivity contribution in [1.29, 1.82) is 5.26 Å². The van der Waals surface area contributed by atoms with Gasteiger partial charge in [-0.2, -0.15) is 5.26 Å². The van der Waals surface area contributed by atoms with Crippen LogP contribution in [0.1, 0.15) is 17.5 Å². The number of hydrogen-bond acceptors (Lipinski definition) is 5. The Morgan fingerprint density at radius 3 is 2.63 bits per heavy atom. The van der Waals surface area contributed by atoms with E-state index in [0.29, 0.717) is 12.1 Å². The minimum absolute atomic E-state index is 0.187. The van der Waals surface area contributed by atoms with Crippen LogP contribution in [0.15, 0.2) is 42.6 Å². The van der Waals surface area contributed by atoms with Gasteiger partial charge in [-0.05, 0) is 36.6 Å². The number of benzene rings is 1. The van der Waals surface area contributed by atoms with E-state index < -0.39 is 0 Å². The molecule has 1 aromatic heterocycles. The first kappa shape index (κ1) is 17.5. The largest absolute Gasteiger partial charge is 0.354 e. The second kappa shape index (κ2) is 7.77. The van der Waals surface area contributed by atoms with Gasteiger partial charge in [-0.25, -0.2) is 4.98 Å². The molecule has 1 fully saturated rings. The summed E-state index contributed by atoms with van der Waals surface area (Å²) in [6.07, 6.45) is 3.69. The summed E-state index contributed by atoms with van der Waals surface area (Å²) in [7, 11) is 0. The van der Waals surface area contributed by atoms with Crippen molar-refractivity contribution < 1.29 is 4.79 Å². The third-order valence-electron chi connectivity index (χ3n) is 5.34. The van der Waals surface area contributed by atoms with E-state index in [2.05, 4.69) is 33.0 Å². The molecule has 0 aliphatic carbocycles. The first-order chi connectivity index (χ1) is 13.2. The van der Waals surface area contributed by atoms with Crippen LogP contribution in [0.2, 0.25) is 0 Å². The van der Waals surface area contributed by atoms with Gasteiger partial charge < -0.3 is 9.80 Å². The van der Waals surface area contributed by atoms with Gasteiger partial charge in [-0.3, -0.25) is 9.69 Å². The fraction of sp³-hybridized carbons (Fsp3) is 0.381. The van der Waals surface area contributed by atoms with E-state index in [1.54, 1.807) is 12.3 Å². The highest BCUT2D eigenvalue weighted by Crippen LogP contribution is 2.27. The highest BCUT2D eigenvalue weighted by molar-refractivity contribution is 5.96. The molecule has 0 unspecified atom stereocenters. The average Bonchev–Trinajstić information content (AvgIpc) is 2.74. The van der Waals surface area contributed by atoms with Crippen LogP contribution in [0.25, 0.3) is 0 Å². The van der Waals surface area contributed by atoms with E-state index in [1.807, 2.05) is 23.1 Å². The zero-order valence-electron chi connectivity index (χ0n) is 15.3. The number of carbonyl (C=O) groups is 1. The lowest BCUT2D eigenvalue weighted by Gasteiger charge is -2.37. The molecule has 2 aliphatic rings. The topological polar surface area (TPSA) is 63.5 Å². The first-order valence-corrected chi connectivity index (χ1v) is 9.46. The summed E-state index contributed by atoms with van der Waals surface area (Å²) < 4.78 is 0. The highest BCUT2D eigenvalue weighted by Gasteiger charge is 2.25. The summed E-state index contributed by atoms with van der Waals surface area (Å²) in [6.45, 7) is 4.62. The van der Waals surface area contributed by atoms with Crippen molar-refractivity contribution in [3.05, 3.63) is 53.7 Å². The predicted molar refractivity (Wildman–Crippen MR) is 105 cm³/mol. The molecule has 3 heterocycles. The molecule has 0 bridgehead atoms. The van der Waals surface area contributed by atoms with Crippen LogP contribution >= 0.6 is 0 Å². The van der Waals surface area contributed by atoms with Crippen LogP contribution in [0.3, 0.4) is 0 Å². The second-order valence-corrected chi connectivity index (χ2v) is 7.06. The lowest BCUT2D eigenvalue weighted by atomic mass is 10.0. The summed E-state index contributed by atoms with van der Waals surface area (Å²) in [4.78, 5) is 23.6. The summed E-state index contributed by atoms with van der Waals surface area (Å²) in [6, 6.07) is 14.0. The molecule has 1 aromatic carbocycles. The van der Waals surface area contributed by atoms with Gasteiger partial charge in [0, 0.05) is 44.6 Å². The molecule has 0 radical (unpaired) electrons. The van der Waals surface area contributed by atoms with E-state index in [-0.39, 0.29) is 5.91 Å². The van der Waals surface area contributed by atoms with Gasteiger partial charge in [0.1, 0.15) is 11.9 Å². The van der Waals surface area contributed by atoms with Gasteiger partial charge in [0.25, 0.3) is 0 Å². The van der Waals surface area contributed by atoms with Gasteiger partial charge in [-0.1, -0.05) is 18.2 Å². The third kappa shape index (κ3) is 3.79. The lowest BCUT2D eigenvalue weighted by Crippen LogP contribution is -2.51. The fourth-order valence-electron chi connectivity index (χ4n) is 3.84.